The highest BCUT2D eigenvalue weighted by Gasteiger charge is 2.20. The predicted octanol–water partition coefficient (Wildman–Crippen LogP) is 0.472. The molecule has 2 heterocycles. The van der Waals surface area contributed by atoms with Gasteiger partial charge >= 0.3 is 5.97 Å². The number of anilines is 1. The molecule has 110 valence electrons. The molecular formula is C13H20N4O3. The van der Waals surface area contributed by atoms with Crippen LogP contribution in [0, 0.1) is 0 Å². The third-order valence-electron chi connectivity index (χ3n) is 3.11. The molecule has 0 aliphatic carbocycles. The van der Waals surface area contributed by atoms with Crippen molar-refractivity contribution >= 4 is 11.8 Å². The molecule has 0 amide bonds. The Hall–Kier alpha value is -1.89. The molecule has 1 aliphatic heterocycles. The van der Waals surface area contributed by atoms with E-state index in [1.165, 1.54) is 0 Å². The van der Waals surface area contributed by atoms with Crippen molar-refractivity contribution in [3.63, 3.8) is 0 Å². The van der Waals surface area contributed by atoms with Crippen molar-refractivity contribution in [3.8, 4) is 5.88 Å². The van der Waals surface area contributed by atoms with E-state index in [-0.39, 0.29) is 6.54 Å². The maximum Gasteiger partial charge on any atom is 0.317 e. The van der Waals surface area contributed by atoms with Crippen LogP contribution in [0.3, 0.4) is 0 Å². The molecule has 0 unspecified atom stereocenters. The number of piperazine rings is 1. The van der Waals surface area contributed by atoms with Crippen LogP contribution in [0.4, 0.5) is 5.82 Å². The molecule has 1 saturated heterocycles. The fraction of sp³-hybridized carbons (Fsp3) is 0.615. The molecule has 7 heteroatoms. The Balaban J connectivity index is 1.91. The number of aromatic nitrogens is 2. The highest BCUT2D eigenvalue weighted by Crippen LogP contribution is 2.16. The maximum absolute atomic E-state index is 10.7. The van der Waals surface area contributed by atoms with Gasteiger partial charge in [0, 0.05) is 26.2 Å². The normalized spacial score (nSPS) is 16.1. The smallest absolute Gasteiger partial charge is 0.317 e. The van der Waals surface area contributed by atoms with E-state index >= 15 is 0 Å². The molecule has 0 atom stereocenters. The SMILES string of the molecule is CCCOc1cncc(N2CCN(CC(=O)O)CC2)n1. The van der Waals surface area contributed by atoms with Gasteiger partial charge in [0.1, 0.15) is 0 Å². The number of hydrogen-bond acceptors (Lipinski definition) is 6. The molecule has 1 fully saturated rings. The summed E-state index contributed by atoms with van der Waals surface area (Å²) in [6, 6.07) is 0. The summed E-state index contributed by atoms with van der Waals surface area (Å²) in [7, 11) is 0. The Morgan fingerprint density at radius 3 is 2.75 bits per heavy atom. The third-order valence-corrected chi connectivity index (χ3v) is 3.11. The van der Waals surface area contributed by atoms with Crippen LogP contribution in [0.15, 0.2) is 12.4 Å². The molecule has 0 aromatic carbocycles. The summed E-state index contributed by atoms with van der Waals surface area (Å²) < 4.78 is 5.47. The van der Waals surface area contributed by atoms with Crippen LogP contribution in [0.1, 0.15) is 13.3 Å². The van der Waals surface area contributed by atoms with E-state index in [2.05, 4.69) is 14.9 Å². The minimum absolute atomic E-state index is 0.0964. The highest BCUT2D eigenvalue weighted by atomic mass is 16.5. The number of carboxylic acid groups (broad SMARTS) is 1. The van der Waals surface area contributed by atoms with Crippen LogP contribution in [0.2, 0.25) is 0 Å². The van der Waals surface area contributed by atoms with Gasteiger partial charge in [-0.3, -0.25) is 14.7 Å². The van der Waals surface area contributed by atoms with E-state index in [1.54, 1.807) is 12.4 Å². The average molecular weight is 280 g/mol. The maximum atomic E-state index is 10.7. The van der Waals surface area contributed by atoms with Gasteiger partial charge in [-0.15, -0.1) is 0 Å². The van der Waals surface area contributed by atoms with Crippen LogP contribution in [0.5, 0.6) is 5.88 Å². The Kier molecular flexibility index (Phi) is 5.11. The number of carbonyl (C=O) groups is 1. The third kappa shape index (κ3) is 4.06. The van der Waals surface area contributed by atoms with Crippen molar-refractivity contribution in [2.45, 2.75) is 13.3 Å². The first-order chi connectivity index (χ1) is 9.69. The number of hydrogen-bond donors (Lipinski definition) is 1. The van der Waals surface area contributed by atoms with Gasteiger partial charge in [0.25, 0.3) is 0 Å². The number of ether oxygens (including phenoxy) is 1. The minimum Gasteiger partial charge on any atom is -0.480 e. The second kappa shape index (κ2) is 7.04. The van der Waals surface area contributed by atoms with Gasteiger partial charge in [-0.25, -0.2) is 0 Å². The van der Waals surface area contributed by atoms with E-state index in [0.717, 1.165) is 25.3 Å². The summed E-state index contributed by atoms with van der Waals surface area (Å²) in [5, 5.41) is 8.77. The van der Waals surface area contributed by atoms with Gasteiger partial charge in [-0.05, 0) is 6.42 Å². The Bertz CT molecular complexity index is 447. The first-order valence-corrected chi connectivity index (χ1v) is 6.83. The Morgan fingerprint density at radius 1 is 1.35 bits per heavy atom. The molecule has 0 saturated carbocycles. The van der Waals surface area contributed by atoms with Gasteiger partial charge in [-0.2, -0.15) is 4.98 Å². The van der Waals surface area contributed by atoms with E-state index < -0.39 is 5.97 Å². The van der Waals surface area contributed by atoms with Gasteiger partial charge in [0.2, 0.25) is 5.88 Å². The fourth-order valence-corrected chi connectivity index (χ4v) is 2.09. The van der Waals surface area contributed by atoms with E-state index in [0.29, 0.717) is 25.6 Å². The van der Waals surface area contributed by atoms with Crippen molar-refractivity contribution in [1.29, 1.82) is 0 Å². The summed E-state index contributed by atoms with van der Waals surface area (Å²) >= 11 is 0. The van der Waals surface area contributed by atoms with Crippen LogP contribution in [-0.4, -0.2) is 65.3 Å². The van der Waals surface area contributed by atoms with Crippen molar-refractivity contribution in [2.75, 3.05) is 44.2 Å². The van der Waals surface area contributed by atoms with Crippen molar-refractivity contribution in [3.05, 3.63) is 12.4 Å². The standard InChI is InChI=1S/C13H20N4O3/c1-2-7-20-12-9-14-8-11(15-12)17-5-3-16(4-6-17)10-13(18)19/h8-9H,2-7,10H2,1H3,(H,18,19). The summed E-state index contributed by atoms with van der Waals surface area (Å²) in [5.41, 5.74) is 0. The topological polar surface area (TPSA) is 78.8 Å². The van der Waals surface area contributed by atoms with Gasteiger partial charge in [0.15, 0.2) is 5.82 Å². The number of carboxylic acids is 1. The number of aliphatic carboxylic acids is 1. The summed E-state index contributed by atoms with van der Waals surface area (Å²) in [4.78, 5) is 23.3. The molecule has 1 N–H and O–H groups in total. The molecule has 7 nitrogen and oxygen atoms in total. The zero-order valence-corrected chi connectivity index (χ0v) is 11.7. The largest absolute Gasteiger partial charge is 0.480 e. The summed E-state index contributed by atoms with van der Waals surface area (Å²) in [5.74, 6) is 0.541. The average Bonchev–Trinajstić information content (AvgIpc) is 2.45. The fourth-order valence-electron chi connectivity index (χ4n) is 2.09. The molecule has 0 bridgehead atoms. The van der Waals surface area contributed by atoms with Crippen LogP contribution in [-0.2, 0) is 4.79 Å². The monoisotopic (exact) mass is 280 g/mol. The van der Waals surface area contributed by atoms with Crippen molar-refractivity contribution in [2.24, 2.45) is 0 Å². The lowest BCUT2D eigenvalue weighted by Crippen LogP contribution is -2.48. The van der Waals surface area contributed by atoms with Crippen molar-refractivity contribution in [1.82, 2.24) is 14.9 Å². The Labute approximate surface area is 118 Å². The van der Waals surface area contributed by atoms with Crippen LogP contribution < -0.4 is 9.64 Å². The Morgan fingerprint density at radius 2 is 2.10 bits per heavy atom. The summed E-state index contributed by atoms with van der Waals surface area (Å²) in [6.07, 6.45) is 4.26. The first-order valence-electron chi connectivity index (χ1n) is 6.83. The van der Waals surface area contributed by atoms with Gasteiger partial charge < -0.3 is 14.7 Å². The molecule has 2 rings (SSSR count). The predicted molar refractivity (Wildman–Crippen MR) is 74.1 cm³/mol. The van der Waals surface area contributed by atoms with Gasteiger partial charge in [-0.1, -0.05) is 6.92 Å². The molecular weight excluding hydrogens is 260 g/mol. The molecule has 1 aliphatic rings. The lowest BCUT2D eigenvalue weighted by atomic mass is 10.3. The second-order valence-electron chi connectivity index (χ2n) is 4.72. The first kappa shape index (κ1) is 14.5. The van der Waals surface area contributed by atoms with E-state index in [4.69, 9.17) is 9.84 Å². The van der Waals surface area contributed by atoms with E-state index in [1.807, 2.05) is 11.8 Å². The summed E-state index contributed by atoms with van der Waals surface area (Å²) in [6.45, 7) is 5.70. The highest BCUT2D eigenvalue weighted by molar-refractivity contribution is 5.69. The van der Waals surface area contributed by atoms with Crippen LogP contribution in [0.25, 0.3) is 0 Å². The second-order valence-corrected chi connectivity index (χ2v) is 4.72. The molecule has 20 heavy (non-hydrogen) atoms. The molecule has 0 radical (unpaired) electrons. The van der Waals surface area contributed by atoms with E-state index in [9.17, 15) is 4.79 Å². The van der Waals surface area contributed by atoms with Crippen molar-refractivity contribution < 1.29 is 14.6 Å². The quantitative estimate of drug-likeness (QED) is 0.811. The van der Waals surface area contributed by atoms with Crippen LogP contribution >= 0.6 is 0 Å². The minimum atomic E-state index is -0.784. The molecule has 0 spiro atoms. The number of rotatable bonds is 6. The lowest BCUT2D eigenvalue weighted by molar-refractivity contribution is -0.138. The molecule has 1 aromatic rings. The zero-order valence-electron chi connectivity index (χ0n) is 11.7. The van der Waals surface area contributed by atoms with Gasteiger partial charge in [0.05, 0.1) is 25.5 Å². The lowest BCUT2D eigenvalue weighted by Gasteiger charge is -2.34. The zero-order chi connectivity index (χ0) is 14.4. The number of nitrogens with zero attached hydrogens (tertiary/aromatic N) is 4. The molecule has 1 aromatic heterocycles.